The quantitative estimate of drug-likeness (QED) is 0.764. The van der Waals surface area contributed by atoms with Crippen molar-refractivity contribution in [2.24, 2.45) is 11.8 Å². The number of carbonyl (C=O) groups excluding carboxylic acids is 1. The van der Waals surface area contributed by atoms with E-state index in [0.717, 1.165) is 6.42 Å². The third-order valence-electron chi connectivity index (χ3n) is 3.94. The molecule has 1 saturated heterocycles. The van der Waals surface area contributed by atoms with Crippen molar-refractivity contribution < 1.29 is 14.7 Å². The summed E-state index contributed by atoms with van der Waals surface area (Å²) in [7, 11) is 0. The van der Waals surface area contributed by atoms with Gasteiger partial charge in [-0.15, -0.1) is 0 Å². The summed E-state index contributed by atoms with van der Waals surface area (Å²) in [5, 5.41) is 11.8. The molecule has 1 aliphatic heterocycles. The topological polar surface area (TPSA) is 69.6 Å². The lowest BCUT2D eigenvalue weighted by Gasteiger charge is -2.39. The van der Waals surface area contributed by atoms with Crippen LogP contribution in [0.5, 0.6) is 0 Å². The molecule has 0 spiro atoms. The highest BCUT2D eigenvalue weighted by Gasteiger charge is 2.36. The van der Waals surface area contributed by atoms with Crippen molar-refractivity contribution >= 4 is 12.0 Å². The Hall–Kier alpha value is -1.26. The van der Waals surface area contributed by atoms with E-state index in [-0.39, 0.29) is 18.0 Å². The molecular weight excluding hydrogens is 220 g/mol. The molecule has 0 aromatic carbocycles. The maximum Gasteiger partial charge on any atom is 0.317 e. The van der Waals surface area contributed by atoms with E-state index in [2.05, 4.69) is 12.2 Å². The van der Waals surface area contributed by atoms with Gasteiger partial charge in [-0.05, 0) is 18.8 Å². The molecule has 1 saturated carbocycles. The summed E-state index contributed by atoms with van der Waals surface area (Å²) < 4.78 is 0. The van der Waals surface area contributed by atoms with E-state index in [1.54, 1.807) is 4.90 Å². The molecule has 1 aliphatic carbocycles. The van der Waals surface area contributed by atoms with Crippen LogP contribution in [0.4, 0.5) is 4.79 Å². The van der Waals surface area contributed by atoms with Crippen LogP contribution < -0.4 is 5.32 Å². The fraction of sp³-hybridized carbons (Fsp3) is 0.833. The summed E-state index contributed by atoms with van der Waals surface area (Å²) in [5.74, 6) is -0.645. The highest BCUT2D eigenvalue weighted by Crippen LogP contribution is 2.24. The summed E-state index contributed by atoms with van der Waals surface area (Å²) in [4.78, 5) is 24.0. The smallest absolute Gasteiger partial charge is 0.317 e. The van der Waals surface area contributed by atoms with Gasteiger partial charge in [0, 0.05) is 19.1 Å². The van der Waals surface area contributed by atoms with Gasteiger partial charge in [0.05, 0.1) is 5.92 Å². The first-order valence-electron chi connectivity index (χ1n) is 6.36. The number of nitrogens with zero attached hydrogens (tertiary/aromatic N) is 1. The number of aliphatic carboxylic acids is 1. The Morgan fingerprint density at radius 2 is 1.88 bits per heavy atom. The van der Waals surface area contributed by atoms with Crippen LogP contribution in [-0.2, 0) is 4.79 Å². The third-order valence-corrected chi connectivity index (χ3v) is 3.94. The minimum Gasteiger partial charge on any atom is -0.481 e. The van der Waals surface area contributed by atoms with Gasteiger partial charge >= 0.3 is 12.0 Å². The van der Waals surface area contributed by atoms with Crippen molar-refractivity contribution in [3.63, 3.8) is 0 Å². The van der Waals surface area contributed by atoms with E-state index in [1.807, 2.05) is 0 Å². The summed E-state index contributed by atoms with van der Waals surface area (Å²) >= 11 is 0. The van der Waals surface area contributed by atoms with Crippen molar-refractivity contribution in [3.05, 3.63) is 0 Å². The van der Waals surface area contributed by atoms with Crippen LogP contribution in [0.1, 0.15) is 32.6 Å². The maximum absolute atomic E-state index is 11.8. The van der Waals surface area contributed by atoms with Crippen molar-refractivity contribution in [2.45, 2.75) is 38.6 Å². The molecule has 5 nitrogen and oxygen atoms in total. The second-order valence-electron chi connectivity index (χ2n) is 5.26. The van der Waals surface area contributed by atoms with Crippen LogP contribution in [0, 0.1) is 11.8 Å². The average Bonchev–Trinajstić information content (AvgIpc) is 2.18. The summed E-state index contributed by atoms with van der Waals surface area (Å²) in [6, 6.07) is 0.168. The lowest BCUT2D eigenvalue weighted by molar-refractivity contribution is -0.146. The van der Waals surface area contributed by atoms with E-state index >= 15 is 0 Å². The molecule has 0 bridgehead atoms. The zero-order valence-corrected chi connectivity index (χ0v) is 10.2. The molecule has 0 radical (unpaired) electrons. The van der Waals surface area contributed by atoms with Crippen LogP contribution in [0.15, 0.2) is 0 Å². The van der Waals surface area contributed by atoms with Crippen LogP contribution in [0.3, 0.4) is 0 Å². The standard InChI is InChI=1S/C12H20N2O3/c1-8-4-2-3-5-10(8)13-12(17)14-6-9(7-14)11(15)16/h8-10H,2-7H2,1H3,(H,13,17)(H,15,16). The molecule has 96 valence electrons. The monoisotopic (exact) mass is 240 g/mol. The van der Waals surface area contributed by atoms with E-state index in [0.29, 0.717) is 19.0 Å². The van der Waals surface area contributed by atoms with E-state index in [9.17, 15) is 9.59 Å². The maximum atomic E-state index is 11.8. The predicted octanol–water partition coefficient (Wildman–Crippen LogP) is 1.29. The molecule has 1 heterocycles. The van der Waals surface area contributed by atoms with Gasteiger partial charge in [0.25, 0.3) is 0 Å². The van der Waals surface area contributed by atoms with Gasteiger partial charge in [0.1, 0.15) is 0 Å². The first kappa shape index (κ1) is 12.2. The Labute approximate surface area is 101 Å². The Morgan fingerprint density at radius 3 is 2.47 bits per heavy atom. The van der Waals surface area contributed by atoms with E-state index in [1.165, 1.54) is 19.3 Å². The SMILES string of the molecule is CC1CCCCC1NC(=O)N1CC(C(=O)O)C1. The van der Waals surface area contributed by atoms with E-state index in [4.69, 9.17) is 5.11 Å². The molecule has 2 rings (SSSR count). The van der Waals surface area contributed by atoms with Gasteiger partial charge < -0.3 is 15.3 Å². The van der Waals surface area contributed by atoms with Gasteiger partial charge in [0.15, 0.2) is 0 Å². The second-order valence-corrected chi connectivity index (χ2v) is 5.26. The van der Waals surface area contributed by atoms with Crippen molar-refractivity contribution in [1.82, 2.24) is 10.2 Å². The molecule has 2 unspecified atom stereocenters. The minimum absolute atomic E-state index is 0.0961. The highest BCUT2D eigenvalue weighted by atomic mass is 16.4. The van der Waals surface area contributed by atoms with Gasteiger partial charge in [-0.3, -0.25) is 4.79 Å². The highest BCUT2D eigenvalue weighted by molar-refractivity contribution is 5.79. The zero-order chi connectivity index (χ0) is 12.4. The Morgan fingerprint density at radius 1 is 1.24 bits per heavy atom. The normalized spacial score (nSPS) is 29.6. The molecular formula is C12H20N2O3. The van der Waals surface area contributed by atoms with Crippen LogP contribution in [0.25, 0.3) is 0 Å². The molecule has 2 amide bonds. The fourth-order valence-corrected chi connectivity index (χ4v) is 2.58. The number of carbonyl (C=O) groups is 2. The molecule has 0 aromatic heterocycles. The number of carboxylic acid groups (broad SMARTS) is 1. The molecule has 2 aliphatic rings. The number of amides is 2. The molecule has 2 N–H and O–H groups in total. The first-order valence-corrected chi connectivity index (χ1v) is 6.36. The number of nitrogens with one attached hydrogen (secondary N) is 1. The number of carboxylic acids is 1. The summed E-state index contributed by atoms with van der Waals surface area (Å²) in [6.07, 6.45) is 4.64. The van der Waals surface area contributed by atoms with Gasteiger partial charge in [-0.2, -0.15) is 0 Å². The zero-order valence-electron chi connectivity index (χ0n) is 10.2. The lowest BCUT2D eigenvalue weighted by Crippen LogP contribution is -2.58. The largest absolute Gasteiger partial charge is 0.481 e. The molecule has 2 atom stereocenters. The summed E-state index contributed by atoms with van der Waals surface area (Å²) in [6.45, 7) is 2.87. The second kappa shape index (κ2) is 4.94. The number of rotatable bonds is 2. The van der Waals surface area contributed by atoms with Gasteiger partial charge in [0.2, 0.25) is 0 Å². The van der Waals surface area contributed by atoms with Crippen molar-refractivity contribution in [3.8, 4) is 0 Å². The lowest BCUT2D eigenvalue weighted by atomic mass is 9.86. The Bertz CT molecular complexity index is 313. The minimum atomic E-state index is -0.805. The van der Waals surface area contributed by atoms with Crippen LogP contribution >= 0.6 is 0 Å². The first-order chi connectivity index (χ1) is 8.08. The number of hydrogen-bond donors (Lipinski definition) is 2. The average molecular weight is 240 g/mol. The van der Waals surface area contributed by atoms with E-state index < -0.39 is 5.97 Å². The summed E-state index contributed by atoms with van der Waals surface area (Å²) in [5.41, 5.74) is 0. The number of hydrogen-bond acceptors (Lipinski definition) is 2. The predicted molar refractivity (Wildman–Crippen MR) is 62.7 cm³/mol. The van der Waals surface area contributed by atoms with Crippen molar-refractivity contribution in [2.75, 3.05) is 13.1 Å². The third kappa shape index (κ3) is 2.70. The Balaban J connectivity index is 1.76. The van der Waals surface area contributed by atoms with Crippen molar-refractivity contribution in [1.29, 1.82) is 0 Å². The fourth-order valence-electron chi connectivity index (χ4n) is 2.58. The Kier molecular flexibility index (Phi) is 3.54. The van der Waals surface area contributed by atoms with Gasteiger partial charge in [-0.1, -0.05) is 19.8 Å². The molecule has 2 fully saturated rings. The number of urea groups is 1. The van der Waals surface area contributed by atoms with Gasteiger partial charge in [-0.25, -0.2) is 4.79 Å². The number of likely N-dealkylation sites (tertiary alicyclic amines) is 1. The van der Waals surface area contributed by atoms with Crippen LogP contribution in [-0.4, -0.2) is 41.1 Å². The molecule has 17 heavy (non-hydrogen) atoms. The molecule has 0 aromatic rings. The molecule has 5 heteroatoms. The van der Waals surface area contributed by atoms with Crippen LogP contribution in [0.2, 0.25) is 0 Å².